The van der Waals surface area contributed by atoms with Gasteiger partial charge >= 0.3 is 5.69 Å². The van der Waals surface area contributed by atoms with Crippen LogP contribution in [0.15, 0.2) is 39.9 Å². The van der Waals surface area contributed by atoms with Crippen molar-refractivity contribution in [3.05, 3.63) is 62.3 Å². The molecule has 1 aliphatic rings. The predicted octanol–water partition coefficient (Wildman–Crippen LogP) is -0.237. The van der Waals surface area contributed by atoms with Gasteiger partial charge in [-0.2, -0.15) is 0 Å². The molecule has 6 nitrogen and oxygen atoms in total. The van der Waals surface area contributed by atoms with Gasteiger partial charge in [-0.3, -0.25) is 14.3 Å². The Bertz CT molecular complexity index is 764. The van der Waals surface area contributed by atoms with Crippen LogP contribution in [0.2, 0.25) is 0 Å². The molecule has 0 fully saturated rings. The first-order valence-corrected chi connectivity index (χ1v) is 7.66. The molecular formula is C16H21N4O2+. The number of rotatable bonds is 4. The zero-order valence-corrected chi connectivity index (χ0v) is 12.7. The average Bonchev–Trinajstić information content (AvgIpc) is 2.53. The molecular weight excluding hydrogens is 280 g/mol. The summed E-state index contributed by atoms with van der Waals surface area (Å²) < 4.78 is 1.62. The Labute approximate surface area is 128 Å². The van der Waals surface area contributed by atoms with Gasteiger partial charge in [0.1, 0.15) is 17.9 Å². The van der Waals surface area contributed by atoms with Crippen LogP contribution >= 0.6 is 0 Å². The Morgan fingerprint density at radius 2 is 2.00 bits per heavy atom. The van der Waals surface area contributed by atoms with Crippen molar-refractivity contribution < 1.29 is 4.90 Å². The lowest BCUT2D eigenvalue weighted by Crippen LogP contribution is -3.12. The first-order valence-electron chi connectivity index (χ1n) is 7.66. The average molecular weight is 301 g/mol. The molecule has 1 unspecified atom stereocenters. The van der Waals surface area contributed by atoms with E-state index in [4.69, 9.17) is 0 Å². The van der Waals surface area contributed by atoms with Gasteiger partial charge < -0.3 is 10.2 Å². The third-order valence-electron chi connectivity index (χ3n) is 4.02. The number of fused-ring (bicyclic) bond motifs is 1. The summed E-state index contributed by atoms with van der Waals surface area (Å²) in [5.74, 6) is 0.664. The number of hydrogen-bond donors (Lipinski definition) is 3. The van der Waals surface area contributed by atoms with Crippen LogP contribution in [0.1, 0.15) is 24.5 Å². The Morgan fingerprint density at radius 3 is 2.73 bits per heavy atom. The Hall–Kier alpha value is -2.34. The van der Waals surface area contributed by atoms with E-state index in [0.29, 0.717) is 24.5 Å². The molecule has 3 N–H and O–H groups in total. The molecule has 2 heterocycles. The zero-order valence-electron chi connectivity index (χ0n) is 12.7. The lowest BCUT2D eigenvalue weighted by molar-refractivity contribution is -0.912. The molecule has 1 aliphatic heterocycles. The summed E-state index contributed by atoms with van der Waals surface area (Å²) in [5.41, 5.74) is 1.07. The number of benzene rings is 1. The summed E-state index contributed by atoms with van der Waals surface area (Å²) in [6, 6.07) is 9.78. The first-order chi connectivity index (χ1) is 10.7. The highest BCUT2D eigenvalue weighted by molar-refractivity contribution is 5.44. The SMILES string of the molecule is CCC[NH+]1CNc2c(c(=O)[nH]c(=O)n2Cc2ccccc2)C1. The molecule has 0 saturated heterocycles. The smallest absolute Gasteiger partial charge is 0.324 e. The molecule has 0 spiro atoms. The molecule has 116 valence electrons. The van der Waals surface area contributed by atoms with Gasteiger partial charge in [-0.05, 0) is 12.0 Å². The first kappa shape index (κ1) is 14.6. The highest BCUT2D eigenvalue weighted by Crippen LogP contribution is 2.12. The number of anilines is 1. The van der Waals surface area contributed by atoms with E-state index in [2.05, 4.69) is 17.2 Å². The molecule has 0 radical (unpaired) electrons. The van der Waals surface area contributed by atoms with Crippen LogP contribution in [0.4, 0.5) is 5.82 Å². The molecule has 0 aliphatic carbocycles. The summed E-state index contributed by atoms with van der Waals surface area (Å²) in [6.07, 6.45) is 1.06. The fourth-order valence-corrected chi connectivity index (χ4v) is 2.95. The lowest BCUT2D eigenvalue weighted by Gasteiger charge is -2.27. The van der Waals surface area contributed by atoms with E-state index in [1.807, 2.05) is 30.3 Å². The van der Waals surface area contributed by atoms with Gasteiger partial charge in [-0.25, -0.2) is 4.79 Å². The minimum absolute atomic E-state index is 0.273. The number of hydrogen-bond acceptors (Lipinski definition) is 3. The maximum atomic E-state index is 12.2. The summed E-state index contributed by atoms with van der Waals surface area (Å²) in [5, 5.41) is 3.27. The van der Waals surface area contributed by atoms with Gasteiger partial charge in [0.25, 0.3) is 5.56 Å². The van der Waals surface area contributed by atoms with Crippen LogP contribution in [-0.2, 0) is 13.1 Å². The molecule has 0 amide bonds. The maximum absolute atomic E-state index is 12.2. The molecule has 22 heavy (non-hydrogen) atoms. The van der Waals surface area contributed by atoms with Gasteiger partial charge in [0.15, 0.2) is 6.67 Å². The number of aromatic nitrogens is 2. The molecule has 2 aromatic rings. The molecule has 0 saturated carbocycles. The summed E-state index contributed by atoms with van der Waals surface area (Å²) >= 11 is 0. The second-order valence-corrected chi connectivity index (χ2v) is 5.69. The minimum atomic E-state index is -0.362. The quantitative estimate of drug-likeness (QED) is 0.730. The second kappa shape index (κ2) is 6.19. The van der Waals surface area contributed by atoms with Crippen LogP contribution < -0.4 is 21.5 Å². The van der Waals surface area contributed by atoms with E-state index in [9.17, 15) is 9.59 Å². The van der Waals surface area contributed by atoms with Crippen LogP contribution in [0, 0.1) is 0 Å². The van der Waals surface area contributed by atoms with Crippen LogP contribution in [0.3, 0.4) is 0 Å². The van der Waals surface area contributed by atoms with Crippen molar-refractivity contribution in [1.82, 2.24) is 9.55 Å². The van der Waals surface area contributed by atoms with E-state index < -0.39 is 0 Å². The van der Waals surface area contributed by atoms with E-state index in [1.54, 1.807) is 4.57 Å². The fraction of sp³-hybridized carbons (Fsp3) is 0.375. The van der Waals surface area contributed by atoms with Gasteiger partial charge in [-0.15, -0.1) is 0 Å². The molecule has 3 rings (SSSR count). The Balaban J connectivity index is 2.00. The van der Waals surface area contributed by atoms with Gasteiger partial charge in [0.2, 0.25) is 0 Å². The van der Waals surface area contributed by atoms with Crippen molar-refractivity contribution in [1.29, 1.82) is 0 Å². The van der Waals surface area contributed by atoms with Crippen LogP contribution in [0.25, 0.3) is 0 Å². The summed E-state index contributed by atoms with van der Waals surface area (Å²) in [7, 11) is 0. The third-order valence-corrected chi connectivity index (χ3v) is 4.02. The van der Waals surface area contributed by atoms with Gasteiger partial charge in [0, 0.05) is 0 Å². The summed E-state index contributed by atoms with van der Waals surface area (Å²) in [6.45, 7) is 4.97. The Kier molecular flexibility index (Phi) is 4.11. The maximum Gasteiger partial charge on any atom is 0.330 e. The van der Waals surface area contributed by atoms with Crippen LogP contribution in [0.5, 0.6) is 0 Å². The zero-order chi connectivity index (χ0) is 15.5. The Morgan fingerprint density at radius 1 is 1.23 bits per heavy atom. The minimum Gasteiger partial charge on any atom is -0.324 e. The number of nitrogens with zero attached hydrogens (tertiary/aromatic N) is 1. The molecule has 6 heteroatoms. The number of quaternary nitrogens is 1. The standard InChI is InChI=1S/C16H20N4O2/c1-2-8-19-10-13-14(17-11-19)20(16(22)18-15(13)21)9-12-6-4-3-5-7-12/h3-7,17H,2,8-11H2,1H3,(H,18,21,22)/p+1. The highest BCUT2D eigenvalue weighted by Gasteiger charge is 2.24. The normalized spacial score (nSPS) is 16.9. The second-order valence-electron chi connectivity index (χ2n) is 5.69. The lowest BCUT2D eigenvalue weighted by atomic mass is 10.2. The van der Waals surface area contributed by atoms with Crippen LogP contribution in [-0.4, -0.2) is 22.8 Å². The number of aromatic amines is 1. The number of H-pyrrole nitrogens is 1. The topological polar surface area (TPSA) is 71.3 Å². The van der Waals surface area contributed by atoms with Gasteiger partial charge in [-0.1, -0.05) is 37.3 Å². The number of nitrogens with one attached hydrogen (secondary N) is 3. The summed E-state index contributed by atoms with van der Waals surface area (Å²) in [4.78, 5) is 28.1. The molecule has 1 aromatic heterocycles. The van der Waals surface area contributed by atoms with E-state index in [0.717, 1.165) is 25.2 Å². The van der Waals surface area contributed by atoms with E-state index >= 15 is 0 Å². The highest BCUT2D eigenvalue weighted by atomic mass is 16.2. The fourth-order valence-electron chi connectivity index (χ4n) is 2.95. The van der Waals surface area contributed by atoms with E-state index in [-0.39, 0.29) is 11.2 Å². The van der Waals surface area contributed by atoms with Crippen molar-refractivity contribution in [2.24, 2.45) is 0 Å². The van der Waals surface area contributed by atoms with Gasteiger partial charge in [0.05, 0.1) is 13.1 Å². The van der Waals surface area contributed by atoms with Crippen molar-refractivity contribution in [3.63, 3.8) is 0 Å². The monoisotopic (exact) mass is 301 g/mol. The predicted molar refractivity (Wildman–Crippen MR) is 85.2 cm³/mol. The van der Waals surface area contributed by atoms with Crippen molar-refractivity contribution in [2.45, 2.75) is 26.4 Å². The van der Waals surface area contributed by atoms with Crippen molar-refractivity contribution in [2.75, 3.05) is 18.5 Å². The third kappa shape index (κ3) is 2.82. The van der Waals surface area contributed by atoms with Crippen molar-refractivity contribution in [3.8, 4) is 0 Å². The van der Waals surface area contributed by atoms with E-state index in [1.165, 1.54) is 4.90 Å². The molecule has 0 bridgehead atoms. The molecule has 1 atom stereocenters. The van der Waals surface area contributed by atoms with Crippen molar-refractivity contribution >= 4 is 5.82 Å². The largest absolute Gasteiger partial charge is 0.330 e. The molecule has 1 aromatic carbocycles.